The zero-order chi connectivity index (χ0) is 56.3. The lowest BCUT2D eigenvalue weighted by molar-refractivity contribution is -0.185. The second kappa shape index (κ2) is 32.1. The van der Waals surface area contributed by atoms with E-state index in [1.807, 2.05) is 95.9 Å². The molecule has 3 rings (SSSR count). The van der Waals surface area contributed by atoms with Crippen LogP contribution in [-0.4, -0.2) is 114 Å². The van der Waals surface area contributed by atoms with Crippen LogP contribution < -0.4 is 0 Å². The first-order valence-electron chi connectivity index (χ1n) is 25.0. The predicted octanol–water partition coefficient (Wildman–Crippen LogP) is 13.1. The molecule has 3 aromatic rings. The highest BCUT2D eigenvalue weighted by Gasteiger charge is 2.45. The van der Waals surface area contributed by atoms with Crippen LogP contribution in [-0.2, 0) is 34.3 Å². The lowest BCUT2D eigenvalue weighted by Gasteiger charge is -2.46. The van der Waals surface area contributed by atoms with E-state index in [2.05, 4.69) is 0 Å². The van der Waals surface area contributed by atoms with Gasteiger partial charge in [0.2, 0.25) is 11.6 Å². The summed E-state index contributed by atoms with van der Waals surface area (Å²) in [5.74, 6) is -7.58. The van der Waals surface area contributed by atoms with E-state index in [0.717, 1.165) is 26.5 Å². The topological polar surface area (TPSA) is 112 Å². The molecular weight excluding hydrogens is 1010 g/mol. The largest absolute Gasteiger partial charge is 0.471 e. The Labute approximate surface area is 430 Å². The third-order valence-corrected chi connectivity index (χ3v) is 12.2. The molecule has 2 amide bonds. The van der Waals surface area contributed by atoms with Crippen LogP contribution in [0, 0.1) is 0 Å². The van der Waals surface area contributed by atoms with Crippen molar-refractivity contribution < 1.29 is 81.5 Å². The van der Waals surface area contributed by atoms with Crippen molar-refractivity contribution >= 4 is 34.9 Å². The minimum Gasteiger partial charge on any atom is -0.335 e. The van der Waals surface area contributed by atoms with E-state index in [1.165, 1.54) is 13.8 Å². The highest BCUT2D eigenvalue weighted by Crippen LogP contribution is 2.43. The van der Waals surface area contributed by atoms with Gasteiger partial charge in [-0.2, -0.15) is 52.7 Å². The van der Waals surface area contributed by atoms with Crippen LogP contribution in [0.25, 0.3) is 0 Å². The fraction of sp³-hybridized carbons (Fsp3) is 0.556. The third-order valence-electron chi connectivity index (χ3n) is 12.2. The Hall–Kier alpha value is -5.60. The second-order valence-corrected chi connectivity index (χ2v) is 18.2. The van der Waals surface area contributed by atoms with E-state index in [-0.39, 0.29) is 95.8 Å². The van der Waals surface area contributed by atoms with Crippen LogP contribution in [0.5, 0.6) is 0 Å². The molecule has 418 valence electrons. The van der Waals surface area contributed by atoms with E-state index in [0.29, 0.717) is 51.4 Å². The average Bonchev–Trinajstić information content (AvgIpc) is 3.34. The minimum atomic E-state index is -5.08. The van der Waals surface area contributed by atoms with E-state index >= 15 is 0 Å². The molecular formula is C54H67F12N3O6. The van der Waals surface area contributed by atoms with Crippen molar-refractivity contribution in [2.75, 3.05) is 39.3 Å². The summed E-state index contributed by atoms with van der Waals surface area (Å²) in [6.07, 6.45) is -16.4. The van der Waals surface area contributed by atoms with Crippen molar-refractivity contribution in [3.8, 4) is 0 Å². The van der Waals surface area contributed by atoms with Gasteiger partial charge in [-0.1, -0.05) is 117 Å². The van der Waals surface area contributed by atoms with Gasteiger partial charge in [0.25, 0.3) is 0 Å². The van der Waals surface area contributed by atoms with Crippen LogP contribution in [0.4, 0.5) is 52.7 Å². The number of hydrogen-bond acceptors (Lipinski definition) is 7. The quantitative estimate of drug-likeness (QED) is 0.0348. The zero-order valence-corrected chi connectivity index (χ0v) is 42.3. The summed E-state index contributed by atoms with van der Waals surface area (Å²) in [6, 6.07) is 28.3. The number of Topliss-reactive ketones (excluding diaryl/α,β-unsaturated/α-hetero) is 4. The van der Waals surface area contributed by atoms with Crippen LogP contribution in [0.15, 0.2) is 91.0 Å². The molecule has 0 spiro atoms. The molecule has 0 aliphatic carbocycles. The highest BCUT2D eigenvalue weighted by molar-refractivity contribution is 5.84. The maximum Gasteiger partial charge on any atom is 0.471 e. The number of ketones is 4. The van der Waals surface area contributed by atoms with Crippen molar-refractivity contribution in [3.05, 3.63) is 108 Å². The van der Waals surface area contributed by atoms with Gasteiger partial charge in [-0.05, 0) is 94.9 Å². The van der Waals surface area contributed by atoms with Crippen LogP contribution in [0.3, 0.4) is 0 Å². The summed E-state index contributed by atoms with van der Waals surface area (Å²) in [7, 11) is 0. The molecule has 0 fully saturated rings. The number of nitrogens with zero attached hydrogens (tertiary/aromatic N) is 3. The summed E-state index contributed by atoms with van der Waals surface area (Å²) in [4.78, 5) is 71.9. The first-order chi connectivity index (χ1) is 35.1. The first kappa shape index (κ1) is 65.5. The Balaban J connectivity index is 0.000000589. The van der Waals surface area contributed by atoms with Crippen molar-refractivity contribution in [1.82, 2.24) is 14.7 Å². The smallest absolute Gasteiger partial charge is 0.335 e. The Bertz CT molecular complexity index is 2090. The standard InChI is InChI=1S/C36H40F6N2O3.C18H27F6NO3/c1-28(45)16-11-13-24-43(33(47)36(40,41)42)25-15-27-44(26-14-12-23-32(46)35(37,38)39)34(29-17-5-2-6-18-29,30-19-7-3-8-20-30)31-21-9-4-10-22-31;1-14(26)10-7-9-13-25(16(28)18(22,23)24)12-8-5-3-2-4-6-11-15(27)17(19,20)21/h2-10,17-22H,11-16,23-27H2,1H3;2-13H2,1H3. The number of rotatable bonds is 32. The molecule has 0 unspecified atom stereocenters. The summed E-state index contributed by atoms with van der Waals surface area (Å²) >= 11 is 0. The second-order valence-electron chi connectivity index (χ2n) is 18.2. The molecule has 0 N–H and O–H groups in total. The van der Waals surface area contributed by atoms with E-state index in [4.69, 9.17) is 0 Å². The van der Waals surface area contributed by atoms with Gasteiger partial charge in [0, 0.05) is 58.4 Å². The predicted molar refractivity (Wildman–Crippen MR) is 258 cm³/mol. The van der Waals surface area contributed by atoms with Crippen molar-refractivity contribution in [1.29, 1.82) is 0 Å². The SMILES string of the molecule is CC(=O)CCCCN(CCCCCCCCC(=O)C(F)(F)F)C(=O)C(F)(F)F.CC(=O)CCCCN(CCCN(CCCCC(=O)C(F)(F)F)C(c1ccccc1)(c1ccccc1)c1ccccc1)C(=O)C(F)(F)F. The molecule has 9 nitrogen and oxygen atoms in total. The molecule has 0 saturated heterocycles. The maximum absolute atomic E-state index is 13.6. The highest BCUT2D eigenvalue weighted by atomic mass is 19.4. The van der Waals surface area contributed by atoms with Crippen molar-refractivity contribution in [2.24, 2.45) is 0 Å². The fourth-order valence-corrected chi connectivity index (χ4v) is 8.49. The molecule has 0 bridgehead atoms. The number of halogens is 12. The van der Waals surface area contributed by atoms with Crippen LogP contribution >= 0.6 is 0 Å². The van der Waals surface area contributed by atoms with Crippen molar-refractivity contribution in [2.45, 2.75) is 153 Å². The Morgan fingerprint density at radius 3 is 0.933 bits per heavy atom. The zero-order valence-electron chi connectivity index (χ0n) is 42.3. The molecule has 0 heterocycles. The van der Waals surface area contributed by atoms with E-state index < -0.39 is 66.5 Å². The van der Waals surface area contributed by atoms with E-state index in [9.17, 15) is 81.5 Å². The Morgan fingerprint density at radius 1 is 0.333 bits per heavy atom. The van der Waals surface area contributed by atoms with Gasteiger partial charge >= 0.3 is 36.5 Å². The number of amides is 2. The van der Waals surface area contributed by atoms with Crippen LogP contribution in [0.2, 0.25) is 0 Å². The number of carbonyl (C=O) groups is 6. The summed E-state index contributed by atoms with van der Waals surface area (Å²) < 4.78 is 154. The van der Waals surface area contributed by atoms with Gasteiger partial charge in [0.15, 0.2) is 0 Å². The fourth-order valence-electron chi connectivity index (χ4n) is 8.49. The molecule has 21 heteroatoms. The number of hydrogen-bond donors (Lipinski definition) is 0. The van der Waals surface area contributed by atoms with Gasteiger partial charge in [0.05, 0.1) is 5.54 Å². The lowest BCUT2D eigenvalue weighted by atomic mass is 9.75. The molecule has 0 radical (unpaired) electrons. The third kappa shape index (κ3) is 23.9. The summed E-state index contributed by atoms with van der Waals surface area (Å²) in [6.45, 7) is 2.61. The van der Waals surface area contributed by atoms with Gasteiger partial charge in [-0.15, -0.1) is 0 Å². The van der Waals surface area contributed by atoms with Gasteiger partial charge in [-0.25, -0.2) is 0 Å². The maximum atomic E-state index is 13.6. The van der Waals surface area contributed by atoms with E-state index in [1.54, 1.807) is 0 Å². The Kier molecular flexibility index (Phi) is 28.0. The molecule has 0 saturated carbocycles. The summed E-state index contributed by atoms with van der Waals surface area (Å²) in [5, 5.41) is 0. The van der Waals surface area contributed by atoms with Gasteiger partial charge in [-0.3, -0.25) is 24.1 Å². The van der Waals surface area contributed by atoms with Gasteiger partial charge in [0.1, 0.15) is 11.6 Å². The monoisotopic (exact) mass is 1080 g/mol. The van der Waals surface area contributed by atoms with Crippen molar-refractivity contribution in [3.63, 3.8) is 0 Å². The first-order valence-corrected chi connectivity index (χ1v) is 25.0. The molecule has 0 aromatic heterocycles. The van der Waals surface area contributed by atoms with Gasteiger partial charge < -0.3 is 19.4 Å². The lowest BCUT2D eigenvalue weighted by Crippen LogP contribution is -2.50. The molecule has 75 heavy (non-hydrogen) atoms. The number of alkyl halides is 12. The number of carbonyl (C=O) groups excluding carboxylic acids is 6. The molecule has 3 aromatic carbocycles. The molecule has 0 aliphatic heterocycles. The molecule has 0 aliphatic rings. The number of benzene rings is 3. The molecule has 0 atom stereocenters. The minimum absolute atomic E-state index is 0.0435. The van der Waals surface area contributed by atoms with Crippen LogP contribution in [0.1, 0.15) is 140 Å². The summed E-state index contributed by atoms with van der Waals surface area (Å²) in [5.41, 5.74) is 1.47. The average molecular weight is 1080 g/mol. The normalized spacial score (nSPS) is 12.2. The number of unbranched alkanes of at least 4 members (excludes halogenated alkanes) is 8. The Morgan fingerprint density at radius 2 is 0.600 bits per heavy atom.